The second-order valence-electron chi connectivity index (χ2n) is 4.68. The number of hydrogen-bond acceptors (Lipinski definition) is 3. The van der Waals surface area contributed by atoms with E-state index in [-0.39, 0.29) is 0 Å². The Morgan fingerprint density at radius 2 is 2.00 bits per heavy atom. The van der Waals surface area contributed by atoms with Crippen molar-refractivity contribution < 1.29 is 4.74 Å². The van der Waals surface area contributed by atoms with Gasteiger partial charge in [-0.1, -0.05) is 29.8 Å². The molecule has 1 N–H and O–H groups in total. The maximum absolute atomic E-state index is 6.26. The Hall–Kier alpha value is -2.26. The summed E-state index contributed by atoms with van der Waals surface area (Å²) in [6, 6.07) is 13.8. The molecule has 2 aromatic carbocycles. The van der Waals surface area contributed by atoms with Crippen LogP contribution in [0, 0.1) is 0 Å². The third-order valence-electron chi connectivity index (χ3n) is 3.44. The monoisotopic (exact) mass is 298 g/mol. The van der Waals surface area contributed by atoms with Gasteiger partial charge in [-0.25, -0.2) is 0 Å². The molecule has 0 saturated carbocycles. The highest BCUT2D eigenvalue weighted by Crippen LogP contribution is 2.28. The number of aromatic nitrogens is 1. The van der Waals surface area contributed by atoms with E-state index in [1.54, 1.807) is 13.3 Å². The van der Waals surface area contributed by atoms with Gasteiger partial charge < -0.3 is 10.1 Å². The van der Waals surface area contributed by atoms with Gasteiger partial charge in [-0.05, 0) is 29.7 Å². The average Bonchev–Trinajstić information content (AvgIpc) is 2.53. The van der Waals surface area contributed by atoms with Crippen molar-refractivity contribution in [2.24, 2.45) is 0 Å². The van der Waals surface area contributed by atoms with Gasteiger partial charge >= 0.3 is 0 Å². The lowest BCUT2D eigenvalue weighted by Gasteiger charge is -2.13. The molecule has 3 nitrogen and oxygen atoms in total. The minimum atomic E-state index is 0.594. The molecule has 0 saturated heterocycles. The zero-order valence-electron chi connectivity index (χ0n) is 11.6. The van der Waals surface area contributed by atoms with Crippen molar-refractivity contribution >= 4 is 28.1 Å². The summed E-state index contributed by atoms with van der Waals surface area (Å²) in [7, 11) is 1.65. The van der Waals surface area contributed by atoms with Crippen LogP contribution in [0.5, 0.6) is 5.75 Å². The van der Waals surface area contributed by atoms with Crippen molar-refractivity contribution in [3.05, 3.63) is 65.4 Å². The number of nitrogens with one attached hydrogen (secondary N) is 1. The van der Waals surface area contributed by atoms with E-state index in [2.05, 4.69) is 16.4 Å². The smallest absolute Gasteiger partial charge is 0.125 e. The van der Waals surface area contributed by atoms with Crippen LogP contribution in [-0.2, 0) is 6.54 Å². The first-order valence-electron chi connectivity index (χ1n) is 6.67. The largest absolute Gasteiger partial charge is 0.496 e. The van der Waals surface area contributed by atoms with Crippen LogP contribution in [0.3, 0.4) is 0 Å². The van der Waals surface area contributed by atoms with E-state index >= 15 is 0 Å². The lowest BCUT2D eigenvalue weighted by Crippen LogP contribution is -2.03. The van der Waals surface area contributed by atoms with Crippen LogP contribution >= 0.6 is 11.6 Å². The minimum absolute atomic E-state index is 0.594. The van der Waals surface area contributed by atoms with Gasteiger partial charge in [-0.15, -0.1) is 0 Å². The number of anilines is 1. The van der Waals surface area contributed by atoms with Gasteiger partial charge in [0.2, 0.25) is 0 Å². The summed E-state index contributed by atoms with van der Waals surface area (Å²) in [5.74, 6) is 0.786. The molecular formula is C17H15ClN2O. The molecule has 21 heavy (non-hydrogen) atoms. The first-order chi connectivity index (χ1) is 10.3. The zero-order chi connectivity index (χ0) is 14.7. The lowest BCUT2D eigenvalue weighted by atomic mass is 10.1. The molecule has 4 heteroatoms. The first kappa shape index (κ1) is 13.7. The highest BCUT2D eigenvalue weighted by atomic mass is 35.5. The van der Waals surface area contributed by atoms with Gasteiger partial charge in [0.25, 0.3) is 0 Å². The van der Waals surface area contributed by atoms with Gasteiger partial charge in [0.05, 0.1) is 7.11 Å². The number of hydrogen-bond donors (Lipinski definition) is 1. The van der Waals surface area contributed by atoms with Gasteiger partial charge in [-0.3, -0.25) is 4.98 Å². The van der Waals surface area contributed by atoms with Crippen LogP contribution in [0.15, 0.2) is 54.9 Å². The molecular weight excluding hydrogens is 284 g/mol. The van der Waals surface area contributed by atoms with Gasteiger partial charge in [-0.2, -0.15) is 0 Å². The molecule has 106 valence electrons. The van der Waals surface area contributed by atoms with Crippen LogP contribution in [-0.4, -0.2) is 12.1 Å². The third kappa shape index (κ3) is 2.78. The Balaban J connectivity index is 1.91. The molecule has 0 spiro atoms. The second kappa shape index (κ2) is 6.02. The molecule has 0 radical (unpaired) electrons. The van der Waals surface area contributed by atoms with Crippen molar-refractivity contribution in [2.45, 2.75) is 6.54 Å². The fourth-order valence-corrected chi connectivity index (χ4v) is 2.59. The van der Waals surface area contributed by atoms with Gasteiger partial charge in [0.15, 0.2) is 0 Å². The Morgan fingerprint density at radius 1 is 1.14 bits per heavy atom. The summed E-state index contributed by atoms with van der Waals surface area (Å²) in [4.78, 5) is 4.19. The van der Waals surface area contributed by atoms with Crippen LogP contribution in [0.2, 0.25) is 5.02 Å². The SMILES string of the molecule is COc1cccc(Cl)c1CNc1cccc2ccncc12. The summed E-state index contributed by atoms with van der Waals surface area (Å²) in [6.45, 7) is 0.594. The molecule has 0 bridgehead atoms. The number of benzene rings is 2. The summed E-state index contributed by atoms with van der Waals surface area (Å²) in [6.07, 6.45) is 3.66. The number of fused-ring (bicyclic) bond motifs is 1. The first-order valence-corrected chi connectivity index (χ1v) is 7.05. The molecule has 0 fully saturated rings. The fraction of sp³-hybridized carbons (Fsp3) is 0.118. The van der Waals surface area contributed by atoms with Gasteiger partial charge in [0.1, 0.15) is 5.75 Å². The second-order valence-corrected chi connectivity index (χ2v) is 5.08. The third-order valence-corrected chi connectivity index (χ3v) is 3.79. The highest BCUT2D eigenvalue weighted by Gasteiger charge is 2.08. The molecule has 0 aliphatic heterocycles. The van der Waals surface area contributed by atoms with E-state index in [0.717, 1.165) is 27.8 Å². The molecule has 0 aliphatic rings. The van der Waals surface area contributed by atoms with E-state index in [0.29, 0.717) is 11.6 Å². The van der Waals surface area contributed by atoms with Crippen molar-refractivity contribution in [2.75, 3.05) is 12.4 Å². The van der Waals surface area contributed by atoms with Gasteiger partial charge in [0, 0.05) is 40.6 Å². The number of ether oxygens (including phenoxy) is 1. The number of methoxy groups -OCH3 is 1. The predicted octanol–water partition coefficient (Wildman–Crippen LogP) is 4.51. The van der Waals surface area contributed by atoms with Crippen LogP contribution in [0.4, 0.5) is 5.69 Å². The molecule has 0 aliphatic carbocycles. The quantitative estimate of drug-likeness (QED) is 0.769. The zero-order valence-corrected chi connectivity index (χ0v) is 12.4. The van der Waals surface area contributed by atoms with E-state index < -0.39 is 0 Å². The maximum atomic E-state index is 6.26. The summed E-state index contributed by atoms with van der Waals surface area (Å²) >= 11 is 6.26. The number of rotatable bonds is 4. The highest BCUT2D eigenvalue weighted by molar-refractivity contribution is 6.31. The maximum Gasteiger partial charge on any atom is 0.125 e. The Morgan fingerprint density at radius 3 is 2.86 bits per heavy atom. The molecule has 3 aromatic rings. The Labute approximate surface area is 128 Å². The Kier molecular flexibility index (Phi) is 3.93. The normalized spacial score (nSPS) is 10.6. The average molecular weight is 299 g/mol. The van der Waals surface area contributed by atoms with E-state index in [4.69, 9.17) is 16.3 Å². The van der Waals surface area contributed by atoms with E-state index in [9.17, 15) is 0 Å². The molecule has 0 unspecified atom stereocenters. The summed E-state index contributed by atoms with van der Waals surface area (Å²) in [5.41, 5.74) is 1.98. The topological polar surface area (TPSA) is 34.1 Å². The van der Waals surface area contributed by atoms with Crippen molar-refractivity contribution in [3.63, 3.8) is 0 Å². The number of nitrogens with zero attached hydrogens (tertiary/aromatic N) is 1. The van der Waals surface area contributed by atoms with Crippen molar-refractivity contribution in [1.29, 1.82) is 0 Å². The predicted molar refractivity (Wildman–Crippen MR) is 87.1 cm³/mol. The molecule has 1 aromatic heterocycles. The van der Waals surface area contributed by atoms with Crippen LogP contribution in [0.1, 0.15) is 5.56 Å². The lowest BCUT2D eigenvalue weighted by molar-refractivity contribution is 0.410. The number of pyridine rings is 1. The minimum Gasteiger partial charge on any atom is -0.496 e. The van der Waals surface area contributed by atoms with E-state index in [1.165, 1.54) is 0 Å². The number of halogens is 1. The molecule has 0 atom stereocenters. The fourth-order valence-electron chi connectivity index (χ4n) is 2.35. The van der Waals surface area contributed by atoms with Crippen molar-refractivity contribution in [3.8, 4) is 5.75 Å². The summed E-state index contributed by atoms with van der Waals surface area (Å²) in [5, 5.41) is 6.35. The summed E-state index contributed by atoms with van der Waals surface area (Å²) < 4.78 is 5.37. The molecule has 1 heterocycles. The van der Waals surface area contributed by atoms with E-state index in [1.807, 2.05) is 42.6 Å². The van der Waals surface area contributed by atoms with Crippen molar-refractivity contribution in [1.82, 2.24) is 4.98 Å². The van der Waals surface area contributed by atoms with Crippen LogP contribution < -0.4 is 10.1 Å². The Bertz CT molecular complexity index is 768. The molecule has 0 amide bonds. The standard InChI is InChI=1S/C17H15ClN2O/c1-21-17-7-3-5-15(18)14(17)11-20-16-6-2-4-12-8-9-19-10-13(12)16/h2-10,20H,11H2,1H3. The molecule has 3 rings (SSSR count). The van der Waals surface area contributed by atoms with Crippen LogP contribution in [0.25, 0.3) is 10.8 Å².